The largest absolute Gasteiger partial charge is 0.547 e. The van der Waals surface area contributed by atoms with E-state index in [0.29, 0.717) is 24.4 Å². The summed E-state index contributed by atoms with van der Waals surface area (Å²) in [5.41, 5.74) is 6.36. The zero-order valence-electron chi connectivity index (χ0n) is 14.0. The van der Waals surface area contributed by atoms with E-state index < -0.39 is 19.0 Å². The molecule has 0 aromatic heterocycles. The van der Waals surface area contributed by atoms with Crippen LogP contribution in [0.15, 0.2) is 18.2 Å². The third kappa shape index (κ3) is 3.80. The van der Waals surface area contributed by atoms with Crippen molar-refractivity contribution in [1.82, 2.24) is 5.32 Å². The molecule has 1 saturated carbocycles. The van der Waals surface area contributed by atoms with Gasteiger partial charge in [0.2, 0.25) is 5.91 Å². The van der Waals surface area contributed by atoms with Gasteiger partial charge in [-0.3, -0.25) is 4.79 Å². The Kier molecular flexibility index (Phi) is 5.29. The lowest BCUT2D eigenvalue weighted by molar-refractivity contribution is -0.126. The molecule has 1 heterocycles. The summed E-state index contributed by atoms with van der Waals surface area (Å²) < 4.78 is 5.40. The van der Waals surface area contributed by atoms with Crippen molar-refractivity contribution >= 4 is 19.0 Å². The van der Waals surface area contributed by atoms with Crippen LogP contribution in [0.5, 0.6) is 5.75 Å². The lowest BCUT2D eigenvalue weighted by atomic mass is 9.71. The fraction of sp³-hybridized carbons (Fsp3) is 0.529. The van der Waals surface area contributed by atoms with Crippen molar-refractivity contribution in [3.63, 3.8) is 0 Å². The first-order valence-electron chi connectivity index (χ1n) is 8.70. The summed E-state index contributed by atoms with van der Waals surface area (Å²) in [7, 11) is -1.27. The summed E-state index contributed by atoms with van der Waals surface area (Å²) >= 11 is 0. The second kappa shape index (κ2) is 7.45. The fourth-order valence-corrected chi connectivity index (χ4v) is 3.68. The zero-order chi connectivity index (χ0) is 18.0. The number of hydrogen-bond donors (Lipinski definition) is 4. The Morgan fingerprint density at radius 2 is 2.00 bits per heavy atom. The molecule has 1 amide bonds. The van der Waals surface area contributed by atoms with E-state index in [0.717, 1.165) is 25.7 Å². The van der Waals surface area contributed by atoms with Gasteiger partial charge in [0.25, 0.3) is 0 Å². The summed E-state index contributed by atoms with van der Waals surface area (Å²) in [6.45, 7) is 0.659. The average Bonchev–Trinajstić information content (AvgIpc) is 2.61. The second-order valence-corrected chi connectivity index (χ2v) is 6.88. The Balaban J connectivity index is 1.65. The van der Waals surface area contributed by atoms with Crippen molar-refractivity contribution in [3.8, 4) is 5.75 Å². The van der Waals surface area contributed by atoms with E-state index >= 15 is 0 Å². The van der Waals surface area contributed by atoms with E-state index in [1.54, 1.807) is 12.1 Å². The summed E-state index contributed by atoms with van der Waals surface area (Å²) in [5, 5.41) is 22.3. The molecule has 25 heavy (non-hydrogen) atoms. The highest BCUT2D eigenvalue weighted by Gasteiger charge is 2.39. The molecule has 0 radical (unpaired) electrons. The normalized spacial score (nSPS) is 25.7. The Morgan fingerprint density at radius 1 is 1.28 bits per heavy atom. The Labute approximate surface area is 146 Å². The van der Waals surface area contributed by atoms with Gasteiger partial charge in [-0.1, -0.05) is 12.1 Å². The molecule has 7 nitrogen and oxygen atoms in total. The predicted molar refractivity (Wildman–Crippen MR) is 92.1 cm³/mol. The highest BCUT2D eigenvalue weighted by molar-refractivity contribution is 6.47. The molecule has 1 aromatic rings. The fourth-order valence-electron chi connectivity index (χ4n) is 3.68. The predicted octanol–water partition coefficient (Wildman–Crippen LogP) is 0.589. The molecular weight excluding hydrogens is 323 g/mol. The summed E-state index contributed by atoms with van der Waals surface area (Å²) in [4.78, 5) is 23.7. The van der Waals surface area contributed by atoms with Gasteiger partial charge in [0.1, 0.15) is 5.75 Å². The van der Waals surface area contributed by atoms with Crippen molar-refractivity contribution in [2.24, 2.45) is 17.6 Å². The Hall–Kier alpha value is -2.06. The first kappa shape index (κ1) is 17.8. The summed E-state index contributed by atoms with van der Waals surface area (Å²) in [5.74, 6) is -1.17. The number of carbonyl (C=O) groups is 2. The number of hydrogen-bond acceptors (Lipinski definition) is 5. The van der Waals surface area contributed by atoms with Crippen molar-refractivity contribution in [2.75, 3.05) is 6.54 Å². The lowest BCUT2D eigenvalue weighted by Gasteiger charge is -2.31. The maximum absolute atomic E-state index is 12.5. The lowest BCUT2D eigenvalue weighted by Crippen LogP contribution is -2.54. The molecule has 2 aliphatic rings. The first-order chi connectivity index (χ1) is 12.0. The minimum atomic E-state index is -1.27. The van der Waals surface area contributed by atoms with Gasteiger partial charge in [-0.2, -0.15) is 0 Å². The minimum Gasteiger partial charge on any atom is -0.534 e. The van der Waals surface area contributed by atoms with Gasteiger partial charge in [-0.15, -0.1) is 0 Å². The number of benzene rings is 1. The number of aromatic carboxylic acids is 1. The standard InChI is InChI=1S/C17H23BN2O5/c19-9-10-4-6-11(7-5-10)16(21)20-14-8-12-2-1-3-13(17(22)23)15(12)25-18(14)24/h1-3,10-11,14,24H,4-9,19H2,(H,20,21)(H,22,23). The number of carboxylic acid groups (broad SMARTS) is 1. The number of para-hydroxylation sites is 1. The number of carboxylic acids is 1. The average molecular weight is 346 g/mol. The minimum absolute atomic E-state index is 0.0152. The van der Waals surface area contributed by atoms with Gasteiger partial charge in [0.05, 0.1) is 11.5 Å². The number of fused-ring (bicyclic) bond motifs is 1. The van der Waals surface area contributed by atoms with E-state index in [1.807, 2.05) is 0 Å². The number of amides is 1. The number of nitrogens with one attached hydrogen (secondary N) is 1. The molecule has 1 fully saturated rings. The Bertz CT molecular complexity index is 660. The van der Waals surface area contributed by atoms with E-state index in [9.17, 15) is 19.7 Å². The quantitative estimate of drug-likeness (QED) is 0.592. The van der Waals surface area contributed by atoms with Crippen LogP contribution < -0.4 is 15.7 Å². The molecule has 1 atom stereocenters. The number of rotatable bonds is 4. The Morgan fingerprint density at radius 3 is 2.64 bits per heavy atom. The van der Waals surface area contributed by atoms with Crippen molar-refractivity contribution in [3.05, 3.63) is 29.3 Å². The highest BCUT2D eigenvalue weighted by atomic mass is 16.5. The van der Waals surface area contributed by atoms with E-state index in [-0.39, 0.29) is 23.1 Å². The van der Waals surface area contributed by atoms with Gasteiger partial charge in [-0.25, -0.2) is 4.79 Å². The van der Waals surface area contributed by atoms with Crippen LogP contribution >= 0.6 is 0 Å². The molecule has 3 rings (SSSR count). The van der Waals surface area contributed by atoms with Crippen molar-refractivity contribution in [2.45, 2.75) is 38.0 Å². The molecule has 8 heteroatoms. The molecular formula is C17H23BN2O5. The topological polar surface area (TPSA) is 122 Å². The summed E-state index contributed by atoms with van der Waals surface area (Å²) in [6.07, 6.45) is 3.84. The smallest absolute Gasteiger partial charge is 0.534 e. The molecule has 134 valence electrons. The van der Waals surface area contributed by atoms with Crippen LogP contribution in [-0.2, 0) is 11.2 Å². The van der Waals surface area contributed by atoms with Gasteiger partial charge < -0.3 is 25.8 Å². The maximum Gasteiger partial charge on any atom is 0.547 e. The van der Waals surface area contributed by atoms with Crippen LogP contribution in [-0.4, -0.2) is 41.6 Å². The third-order valence-electron chi connectivity index (χ3n) is 5.23. The van der Waals surface area contributed by atoms with Crippen LogP contribution in [0.1, 0.15) is 41.6 Å². The maximum atomic E-state index is 12.5. The van der Waals surface area contributed by atoms with Gasteiger partial charge in [-0.05, 0) is 56.2 Å². The molecule has 5 N–H and O–H groups in total. The molecule has 0 spiro atoms. The summed E-state index contributed by atoms with van der Waals surface area (Å²) in [6, 6.07) is 4.82. The van der Waals surface area contributed by atoms with Crippen LogP contribution in [0.2, 0.25) is 0 Å². The van der Waals surface area contributed by atoms with Gasteiger partial charge >= 0.3 is 13.1 Å². The second-order valence-electron chi connectivity index (χ2n) is 6.88. The zero-order valence-corrected chi connectivity index (χ0v) is 14.0. The van der Waals surface area contributed by atoms with Gasteiger partial charge in [0.15, 0.2) is 0 Å². The van der Waals surface area contributed by atoms with E-state index in [1.165, 1.54) is 6.07 Å². The van der Waals surface area contributed by atoms with Crippen molar-refractivity contribution in [1.29, 1.82) is 0 Å². The van der Waals surface area contributed by atoms with Crippen LogP contribution in [0.3, 0.4) is 0 Å². The first-order valence-corrected chi connectivity index (χ1v) is 8.70. The molecule has 1 aromatic carbocycles. The van der Waals surface area contributed by atoms with E-state index in [2.05, 4.69) is 5.32 Å². The van der Waals surface area contributed by atoms with Crippen LogP contribution in [0.25, 0.3) is 0 Å². The molecule has 1 aliphatic carbocycles. The number of nitrogens with two attached hydrogens (primary N) is 1. The third-order valence-corrected chi connectivity index (χ3v) is 5.23. The van der Waals surface area contributed by atoms with Crippen LogP contribution in [0, 0.1) is 11.8 Å². The highest BCUT2D eigenvalue weighted by Crippen LogP contribution is 2.31. The molecule has 1 aliphatic heterocycles. The monoisotopic (exact) mass is 346 g/mol. The molecule has 0 bridgehead atoms. The molecule has 1 unspecified atom stereocenters. The van der Waals surface area contributed by atoms with Gasteiger partial charge in [0, 0.05) is 5.92 Å². The SMILES string of the molecule is NCC1CCC(C(=O)NC2Cc3cccc(C(=O)O)c3OB2O)CC1. The van der Waals surface area contributed by atoms with E-state index in [4.69, 9.17) is 10.4 Å². The number of carbonyl (C=O) groups excluding carboxylic acids is 1. The molecule has 0 saturated heterocycles. The van der Waals surface area contributed by atoms with Crippen LogP contribution in [0.4, 0.5) is 0 Å². The van der Waals surface area contributed by atoms with Crippen molar-refractivity contribution < 1.29 is 24.4 Å².